The van der Waals surface area contributed by atoms with Gasteiger partial charge in [0.25, 0.3) is 0 Å². The summed E-state index contributed by atoms with van der Waals surface area (Å²) in [6.07, 6.45) is 2.13. The molecular formula is C23H29ClN2O2. The third-order valence-electron chi connectivity index (χ3n) is 4.99. The highest BCUT2D eigenvalue weighted by molar-refractivity contribution is 6.31. The van der Waals surface area contributed by atoms with Crippen LogP contribution in [0.1, 0.15) is 37.8 Å². The van der Waals surface area contributed by atoms with E-state index < -0.39 is 0 Å². The van der Waals surface area contributed by atoms with Crippen LogP contribution < -0.4 is 10.1 Å². The van der Waals surface area contributed by atoms with Crippen LogP contribution >= 0.6 is 11.6 Å². The number of rotatable bonds is 7. The summed E-state index contributed by atoms with van der Waals surface area (Å²) in [7, 11) is 0. The van der Waals surface area contributed by atoms with Gasteiger partial charge in [-0.05, 0) is 62.6 Å². The molecule has 1 atom stereocenters. The van der Waals surface area contributed by atoms with Gasteiger partial charge in [-0.1, -0.05) is 41.9 Å². The van der Waals surface area contributed by atoms with E-state index in [1.54, 1.807) is 0 Å². The van der Waals surface area contributed by atoms with Gasteiger partial charge >= 0.3 is 0 Å². The fraction of sp³-hybridized carbons (Fsp3) is 0.435. The lowest BCUT2D eigenvalue weighted by Gasteiger charge is -2.32. The van der Waals surface area contributed by atoms with Crippen molar-refractivity contribution >= 4 is 17.5 Å². The molecule has 0 spiro atoms. The average Bonchev–Trinajstić information content (AvgIpc) is 2.69. The van der Waals surface area contributed by atoms with Gasteiger partial charge in [0.1, 0.15) is 5.75 Å². The monoisotopic (exact) mass is 400 g/mol. The van der Waals surface area contributed by atoms with E-state index in [2.05, 4.69) is 16.3 Å². The molecule has 1 N–H and O–H groups in total. The zero-order valence-electron chi connectivity index (χ0n) is 16.7. The number of nitrogens with zero attached hydrogens (tertiary/aromatic N) is 1. The molecule has 0 aromatic heterocycles. The largest absolute Gasteiger partial charge is 0.491 e. The van der Waals surface area contributed by atoms with Crippen molar-refractivity contribution in [1.29, 1.82) is 0 Å². The molecule has 1 fully saturated rings. The quantitative estimate of drug-likeness (QED) is 0.735. The fourth-order valence-electron chi connectivity index (χ4n) is 3.57. The van der Waals surface area contributed by atoms with Crippen molar-refractivity contribution in [3.63, 3.8) is 0 Å². The molecule has 2 aromatic rings. The Morgan fingerprint density at radius 2 is 1.96 bits per heavy atom. The first-order valence-corrected chi connectivity index (χ1v) is 10.4. The molecule has 1 heterocycles. The zero-order chi connectivity index (χ0) is 19.9. The summed E-state index contributed by atoms with van der Waals surface area (Å²) in [5, 5.41) is 3.88. The van der Waals surface area contributed by atoms with E-state index in [1.807, 2.05) is 56.3 Å². The third kappa shape index (κ3) is 5.98. The molecule has 28 heavy (non-hydrogen) atoms. The molecule has 0 radical (unpaired) electrons. The summed E-state index contributed by atoms with van der Waals surface area (Å²) in [6, 6.07) is 15.8. The van der Waals surface area contributed by atoms with Crippen LogP contribution in [-0.2, 0) is 17.9 Å². The molecular weight excluding hydrogens is 372 g/mol. The number of benzene rings is 2. The molecule has 0 unspecified atom stereocenters. The average molecular weight is 401 g/mol. The van der Waals surface area contributed by atoms with E-state index >= 15 is 0 Å². The number of carbonyl (C=O) groups is 1. The Labute approximate surface area is 172 Å². The van der Waals surface area contributed by atoms with E-state index in [0.717, 1.165) is 54.4 Å². The molecule has 4 nitrogen and oxygen atoms in total. The highest BCUT2D eigenvalue weighted by atomic mass is 35.5. The number of likely N-dealkylation sites (tertiary alicyclic amines) is 1. The van der Waals surface area contributed by atoms with Crippen molar-refractivity contribution in [3.05, 3.63) is 64.7 Å². The van der Waals surface area contributed by atoms with Gasteiger partial charge in [-0.15, -0.1) is 0 Å². The Kier molecular flexibility index (Phi) is 7.35. The van der Waals surface area contributed by atoms with Crippen LogP contribution in [-0.4, -0.2) is 30.0 Å². The van der Waals surface area contributed by atoms with Gasteiger partial charge in [0.05, 0.1) is 12.0 Å². The molecule has 1 aliphatic heterocycles. The number of ether oxygens (including phenoxy) is 1. The molecule has 3 rings (SSSR count). The van der Waals surface area contributed by atoms with Crippen LogP contribution in [0.4, 0.5) is 0 Å². The Morgan fingerprint density at radius 3 is 2.68 bits per heavy atom. The van der Waals surface area contributed by atoms with E-state index in [9.17, 15) is 4.79 Å². The second-order valence-corrected chi connectivity index (χ2v) is 8.10. The molecule has 5 heteroatoms. The van der Waals surface area contributed by atoms with Crippen LogP contribution in [0.25, 0.3) is 0 Å². The Bertz CT molecular complexity index is 776. The van der Waals surface area contributed by atoms with Crippen molar-refractivity contribution in [2.75, 3.05) is 13.1 Å². The lowest BCUT2D eigenvalue weighted by atomic mass is 9.96. The predicted octanol–water partition coefficient (Wildman–Crippen LogP) is 4.66. The van der Waals surface area contributed by atoms with Gasteiger partial charge < -0.3 is 10.1 Å². The van der Waals surface area contributed by atoms with Crippen molar-refractivity contribution in [2.45, 2.75) is 45.9 Å². The normalized spacial score (nSPS) is 17.5. The SMILES string of the molecule is CC(C)Oc1ccc(CNC(=O)[C@H]2CCCN(Cc3ccccc3Cl)C2)cc1. The van der Waals surface area contributed by atoms with E-state index in [4.69, 9.17) is 16.3 Å². The number of hydrogen-bond acceptors (Lipinski definition) is 3. The van der Waals surface area contributed by atoms with Gasteiger partial charge in [-0.3, -0.25) is 9.69 Å². The number of amides is 1. The van der Waals surface area contributed by atoms with E-state index in [1.165, 1.54) is 0 Å². The third-order valence-corrected chi connectivity index (χ3v) is 5.36. The summed E-state index contributed by atoms with van der Waals surface area (Å²) in [5.41, 5.74) is 2.20. The molecule has 0 saturated carbocycles. The lowest BCUT2D eigenvalue weighted by Crippen LogP contribution is -2.42. The maximum absolute atomic E-state index is 12.7. The van der Waals surface area contributed by atoms with Crippen molar-refractivity contribution < 1.29 is 9.53 Å². The van der Waals surface area contributed by atoms with Gasteiger partial charge in [0.15, 0.2) is 0 Å². The topological polar surface area (TPSA) is 41.6 Å². The molecule has 150 valence electrons. The molecule has 1 aliphatic rings. The molecule has 2 aromatic carbocycles. The van der Waals surface area contributed by atoms with Crippen LogP contribution in [0.5, 0.6) is 5.75 Å². The summed E-state index contributed by atoms with van der Waals surface area (Å²) in [4.78, 5) is 15.0. The minimum absolute atomic E-state index is 0.0276. The number of nitrogens with one attached hydrogen (secondary N) is 1. The number of carbonyl (C=O) groups excluding carboxylic acids is 1. The van der Waals surface area contributed by atoms with E-state index in [0.29, 0.717) is 6.54 Å². The zero-order valence-corrected chi connectivity index (χ0v) is 17.4. The van der Waals surface area contributed by atoms with Crippen molar-refractivity contribution in [3.8, 4) is 5.75 Å². The fourth-order valence-corrected chi connectivity index (χ4v) is 3.77. The summed E-state index contributed by atoms with van der Waals surface area (Å²) in [5.74, 6) is 1.01. The first kappa shape index (κ1) is 20.7. The Morgan fingerprint density at radius 1 is 1.21 bits per heavy atom. The predicted molar refractivity (Wildman–Crippen MR) is 114 cm³/mol. The summed E-state index contributed by atoms with van der Waals surface area (Å²) in [6.45, 7) is 7.13. The van der Waals surface area contributed by atoms with Crippen LogP contribution in [0, 0.1) is 5.92 Å². The Balaban J connectivity index is 1.49. The Hall–Kier alpha value is -2.04. The number of hydrogen-bond donors (Lipinski definition) is 1. The van der Waals surface area contributed by atoms with Gasteiger partial charge in [-0.25, -0.2) is 0 Å². The minimum atomic E-state index is 0.0276. The maximum Gasteiger partial charge on any atom is 0.224 e. The highest BCUT2D eigenvalue weighted by Gasteiger charge is 2.25. The molecule has 1 amide bonds. The minimum Gasteiger partial charge on any atom is -0.491 e. The van der Waals surface area contributed by atoms with Gasteiger partial charge in [0.2, 0.25) is 5.91 Å². The van der Waals surface area contributed by atoms with Crippen LogP contribution in [0.3, 0.4) is 0 Å². The van der Waals surface area contributed by atoms with E-state index in [-0.39, 0.29) is 17.9 Å². The lowest BCUT2D eigenvalue weighted by molar-refractivity contribution is -0.126. The molecule has 1 saturated heterocycles. The van der Waals surface area contributed by atoms with Gasteiger partial charge in [0, 0.05) is 24.7 Å². The van der Waals surface area contributed by atoms with Crippen molar-refractivity contribution in [1.82, 2.24) is 10.2 Å². The smallest absolute Gasteiger partial charge is 0.224 e. The van der Waals surface area contributed by atoms with Crippen LogP contribution in [0.2, 0.25) is 5.02 Å². The standard InChI is InChI=1S/C23H29ClN2O2/c1-17(2)28-21-11-9-18(10-12-21)14-25-23(27)20-7-5-13-26(16-20)15-19-6-3-4-8-22(19)24/h3-4,6,8-12,17,20H,5,7,13-16H2,1-2H3,(H,25,27)/t20-/m0/s1. The molecule has 0 aliphatic carbocycles. The van der Waals surface area contributed by atoms with Gasteiger partial charge in [-0.2, -0.15) is 0 Å². The van der Waals surface area contributed by atoms with Crippen LogP contribution in [0.15, 0.2) is 48.5 Å². The first-order chi connectivity index (χ1) is 13.5. The second kappa shape index (κ2) is 9.94. The summed E-state index contributed by atoms with van der Waals surface area (Å²) < 4.78 is 5.66. The maximum atomic E-state index is 12.7. The number of piperidine rings is 1. The van der Waals surface area contributed by atoms with Crippen molar-refractivity contribution in [2.24, 2.45) is 5.92 Å². The molecule has 0 bridgehead atoms. The highest BCUT2D eigenvalue weighted by Crippen LogP contribution is 2.22. The summed E-state index contributed by atoms with van der Waals surface area (Å²) >= 11 is 6.28. The second-order valence-electron chi connectivity index (χ2n) is 7.69. The number of halogens is 1. The first-order valence-electron chi connectivity index (χ1n) is 10.0.